The van der Waals surface area contributed by atoms with Crippen LogP contribution < -0.4 is 16.0 Å². The molecule has 246 valence electrons. The van der Waals surface area contributed by atoms with Crippen LogP contribution in [0.3, 0.4) is 0 Å². The molecule has 2 unspecified atom stereocenters. The van der Waals surface area contributed by atoms with Gasteiger partial charge in [0.15, 0.2) is 0 Å². The Balaban J connectivity index is 1.59. The third kappa shape index (κ3) is 6.58. The molecule has 3 heterocycles. The average Bonchev–Trinajstić information content (AvgIpc) is 3.20. The highest BCUT2D eigenvalue weighted by atomic mass is 19.4. The Kier molecular flexibility index (Phi) is 8.66. The minimum Gasteiger partial charge on any atom is -0.356 e. The molecule has 4 aliphatic rings. The van der Waals surface area contributed by atoms with Crippen LogP contribution in [-0.2, 0) is 28.8 Å². The van der Waals surface area contributed by atoms with Gasteiger partial charge in [0.2, 0.25) is 23.5 Å². The van der Waals surface area contributed by atoms with Crippen molar-refractivity contribution >= 4 is 35.3 Å². The van der Waals surface area contributed by atoms with Gasteiger partial charge in [-0.2, -0.15) is 13.2 Å². The molecule has 3 aliphatic heterocycles. The maximum absolute atomic E-state index is 14.0. The fourth-order valence-corrected chi connectivity index (χ4v) is 7.11. The largest absolute Gasteiger partial charge is 0.471 e. The van der Waals surface area contributed by atoms with Gasteiger partial charge in [-0.25, -0.2) is 0 Å². The minimum absolute atomic E-state index is 0.0779. The molecule has 6 atom stereocenters. The maximum Gasteiger partial charge on any atom is 0.471 e. The van der Waals surface area contributed by atoms with E-state index in [0.717, 1.165) is 0 Å². The van der Waals surface area contributed by atoms with Gasteiger partial charge < -0.3 is 25.8 Å². The summed E-state index contributed by atoms with van der Waals surface area (Å²) in [5.74, 6) is -6.85. The molecule has 1 saturated carbocycles. The van der Waals surface area contributed by atoms with Crippen LogP contribution in [0.2, 0.25) is 0 Å². The lowest BCUT2D eigenvalue weighted by Gasteiger charge is -2.45. The average molecular weight is 628 g/mol. The summed E-state index contributed by atoms with van der Waals surface area (Å²) in [6, 6.07) is -4.08. The van der Waals surface area contributed by atoms with Crippen LogP contribution >= 0.6 is 0 Å². The Morgan fingerprint density at radius 3 is 2.16 bits per heavy atom. The highest BCUT2D eigenvalue weighted by molar-refractivity contribution is 6.38. The SMILES string of the molecule is CC1(C)CN(C(=O)C(=O)C(C[C@@H]2CCCNC2=O)NC(=O)[C@@H]2[C@@H]3[C@H](CN2C(=O)C(NC(=O)C(F)(F)F)C(C)(C)C)C3(C)C)C1. The Hall–Kier alpha value is -3.19. The number of carbonyl (C=O) groups excluding carboxylic acids is 6. The molecule has 4 fully saturated rings. The summed E-state index contributed by atoms with van der Waals surface area (Å²) in [6.45, 7) is 13.6. The Bertz CT molecular complexity index is 1230. The van der Waals surface area contributed by atoms with Gasteiger partial charge in [0.25, 0.3) is 5.91 Å². The van der Waals surface area contributed by atoms with Crippen LogP contribution in [0.25, 0.3) is 0 Å². The molecule has 5 amide bonds. The van der Waals surface area contributed by atoms with E-state index in [0.29, 0.717) is 32.5 Å². The fraction of sp³-hybridized carbons (Fsp3) is 0.800. The molecular formula is C30H44F3N5O6. The lowest BCUT2D eigenvalue weighted by molar-refractivity contribution is -0.176. The number of piperidine rings is 2. The van der Waals surface area contributed by atoms with Crippen molar-refractivity contribution < 1.29 is 41.9 Å². The van der Waals surface area contributed by atoms with Crippen LogP contribution in [0.4, 0.5) is 13.2 Å². The quantitative estimate of drug-likeness (QED) is 0.347. The number of carbonyl (C=O) groups is 6. The number of hydrogen-bond donors (Lipinski definition) is 3. The van der Waals surface area contributed by atoms with Gasteiger partial charge in [-0.15, -0.1) is 0 Å². The maximum atomic E-state index is 14.0. The summed E-state index contributed by atoms with van der Waals surface area (Å²) in [5.41, 5.74) is -1.65. The molecule has 4 rings (SSSR count). The standard InChI is InChI=1S/C30H44F3N5O6/c1-27(2,3)21(36-26(44)30(31,32)33)25(43)38-12-16-18(29(16,6)7)19(38)23(41)35-17(11-15-9-8-10-34-22(15)40)20(39)24(42)37-13-28(4,5)14-37/h15-19,21H,8-14H2,1-7H3,(H,34,40)(H,35,41)(H,36,44)/t15-,16-,17?,18-,19-,21?/m0/s1. The third-order valence-corrected chi connectivity index (χ3v) is 9.69. The highest BCUT2D eigenvalue weighted by Gasteiger charge is 2.70. The second-order valence-corrected chi connectivity index (χ2v) is 15.3. The number of ketones is 1. The molecule has 44 heavy (non-hydrogen) atoms. The fourth-order valence-electron chi connectivity index (χ4n) is 7.11. The first-order chi connectivity index (χ1) is 20.1. The summed E-state index contributed by atoms with van der Waals surface area (Å²) in [7, 11) is 0. The van der Waals surface area contributed by atoms with E-state index in [9.17, 15) is 41.9 Å². The topological polar surface area (TPSA) is 145 Å². The summed E-state index contributed by atoms with van der Waals surface area (Å²) in [5, 5.41) is 7.23. The Labute approximate surface area is 255 Å². The summed E-state index contributed by atoms with van der Waals surface area (Å²) < 4.78 is 39.5. The summed E-state index contributed by atoms with van der Waals surface area (Å²) in [4.78, 5) is 81.5. The van der Waals surface area contributed by atoms with Crippen molar-refractivity contribution in [2.24, 2.45) is 34.0 Å². The van der Waals surface area contributed by atoms with Gasteiger partial charge in [0.1, 0.15) is 12.1 Å². The number of alkyl halides is 3. The zero-order valence-corrected chi connectivity index (χ0v) is 26.4. The number of nitrogens with zero attached hydrogens (tertiary/aromatic N) is 2. The van der Waals surface area contributed by atoms with Crippen molar-refractivity contribution in [1.29, 1.82) is 0 Å². The van der Waals surface area contributed by atoms with Gasteiger partial charge in [-0.05, 0) is 47.3 Å². The zero-order chi connectivity index (χ0) is 33.2. The molecule has 0 bridgehead atoms. The molecule has 0 aromatic carbocycles. The van der Waals surface area contributed by atoms with Crippen LogP contribution in [0.5, 0.6) is 0 Å². The third-order valence-electron chi connectivity index (χ3n) is 9.69. The predicted octanol–water partition coefficient (Wildman–Crippen LogP) is 1.40. The Morgan fingerprint density at radius 2 is 1.64 bits per heavy atom. The van der Waals surface area contributed by atoms with E-state index in [1.807, 2.05) is 33.0 Å². The molecule has 11 nitrogen and oxygen atoms in total. The van der Waals surface area contributed by atoms with E-state index in [1.165, 1.54) is 30.6 Å². The van der Waals surface area contributed by atoms with Gasteiger partial charge in [0.05, 0.1) is 6.04 Å². The van der Waals surface area contributed by atoms with Crippen molar-refractivity contribution in [1.82, 2.24) is 25.8 Å². The highest BCUT2D eigenvalue weighted by Crippen LogP contribution is 2.65. The van der Waals surface area contributed by atoms with E-state index < -0.39 is 65.0 Å². The molecule has 3 saturated heterocycles. The number of halogens is 3. The predicted molar refractivity (Wildman–Crippen MR) is 151 cm³/mol. The number of Topliss-reactive ketones (excluding diaryl/α,β-unsaturated/α-hetero) is 1. The molecule has 3 N–H and O–H groups in total. The molecule has 14 heteroatoms. The molecule has 0 aromatic rings. The smallest absolute Gasteiger partial charge is 0.356 e. The zero-order valence-electron chi connectivity index (χ0n) is 26.4. The van der Waals surface area contributed by atoms with Crippen LogP contribution in [0.15, 0.2) is 0 Å². The minimum atomic E-state index is -5.22. The van der Waals surface area contributed by atoms with Gasteiger partial charge in [-0.3, -0.25) is 28.8 Å². The monoisotopic (exact) mass is 627 g/mol. The van der Waals surface area contributed by atoms with E-state index in [-0.39, 0.29) is 41.5 Å². The summed E-state index contributed by atoms with van der Waals surface area (Å²) >= 11 is 0. The lowest BCUT2D eigenvalue weighted by Crippen LogP contribution is -2.63. The number of likely N-dealkylation sites (tertiary alicyclic amines) is 2. The number of nitrogens with one attached hydrogen (secondary N) is 3. The van der Waals surface area contributed by atoms with Gasteiger partial charge in [0, 0.05) is 32.1 Å². The van der Waals surface area contributed by atoms with E-state index >= 15 is 0 Å². The first-order valence-electron chi connectivity index (χ1n) is 15.2. The van der Waals surface area contributed by atoms with Crippen molar-refractivity contribution in [2.75, 3.05) is 26.2 Å². The molecule has 0 radical (unpaired) electrons. The number of amides is 5. The van der Waals surface area contributed by atoms with Gasteiger partial charge >= 0.3 is 12.1 Å². The van der Waals surface area contributed by atoms with Gasteiger partial charge in [-0.1, -0.05) is 48.5 Å². The number of fused-ring (bicyclic) bond motifs is 1. The molecular weight excluding hydrogens is 583 g/mol. The van der Waals surface area contributed by atoms with E-state index in [1.54, 1.807) is 0 Å². The second kappa shape index (κ2) is 11.3. The van der Waals surface area contributed by atoms with Crippen molar-refractivity contribution in [3.63, 3.8) is 0 Å². The molecule has 0 spiro atoms. The molecule has 1 aliphatic carbocycles. The van der Waals surface area contributed by atoms with Crippen LogP contribution in [0, 0.1) is 34.0 Å². The van der Waals surface area contributed by atoms with E-state index in [4.69, 9.17) is 0 Å². The second-order valence-electron chi connectivity index (χ2n) is 15.3. The van der Waals surface area contributed by atoms with Crippen molar-refractivity contribution in [2.45, 2.75) is 92.0 Å². The Morgan fingerprint density at radius 1 is 1.02 bits per heavy atom. The number of hydrogen-bond acceptors (Lipinski definition) is 6. The van der Waals surface area contributed by atoms with Crippen LogP contribution in [0.1, 0.15) is 67.7 Å². The van der Waals surface area contributed by atoms with Crippen molar-refractivity contribution in [3.8, 4) is 0 Å². The molecule has 0 aromatic heterocycles. The first kappa shape index (κ1) is 33.7. The lowest BCUT2D eigenvalue weighted by atomic mass is 9.83. The normalized spacial score (nSPS) is 28.5. The first-order valence-corrected chi connectivity index (χ1v) is 15.2. The van der Waals surface area contributed by atoms with E-state index in [2.05, 4.69) is 10.6 Å². The van der Waals surface area contributed by atoms with Crippen LogP contribution in [-0.4, -0.2) is 95.6 Å². The number of rotatable bonds is 8. The van der Waals surface area contributed by atoms with Crippen molar-refractivity contribution in [3.05, 3.63) is 0 Å². The summed E-state index contributed by atoms with van der Waals surface area (Å²) in [6.07, 6.45) is -4.19.